The highest BCUT2D eigenvalue weighted by Gasteiger charge is 2.48. The molecule has 106 valence electrons. The lowest BCUT2D eigenvalue weighted by atomic mass is 9.86. The van der Waals surface area contributed by atoms with Crippen molar-refractivity contribution in [3.63, 3.8) is 0 Å². The molecule has 1 N–H and O–H groups in total. The minimum atomic E-state index is -0.397. The first-order valence-corrected chi connectivity index (χ1v) is 7.36. The number of aliphatic hydroxyl groups excluding tert-OH is 1. The van der Waals surface area contributed by atoms with Gasteiger partial charge in [-0.1, -0.05) is 13.8 Å². The zero-order valence-corrected chi connectivity index (χ0v) is 12.1. The molecule has 4 atom stereocenters. The molecular weight excluding hydrogens is 240 g/mol. The zero-order chi connectivity index (χ0) is 13.6. The Morgan fingerprint density at radius 3 is 2.79 bits per heavy atom. The van der Waals surface area contributed by atoms with Gasteiger partial charge >= 0.3 is 0 Å². The van der Waals surface area contributed by atoms with E-state index in [1.165, 1.54) is 0 Å². The Kier molecular flexibility index (Phi) is 3.22. The molecule has 1 saturated carbocycles. The highest BCUT2D eigenvalue weighted by atomic mass is 16.5. The van der Waals surface area contributed by atoms with Crippen molar-refractivity contribution in [3.05, 3.63) is 23.7 Å². The number of aliphatic hydroxyl groups is 1. The van der Waals surface area contributed by atoms with Crippen LogP contribution in [0.2, 0.25) is 0 Å². The van der Waals surface area contributed by atoms with Crippen LogP contribution in [-0.4, -0.2) is 17.8 Å². The second-order valence-corrected chi connectivity index (χ2v) is 6.90. The maximum absolute atomic E-state index is 10.7. The van der Waals surface area contributed by atoms with Crippen molar-refractivity contribution in [1.29, 1.82) is 0 Å². The van der Waals surface area contributed by atoms with E-state index in [-0.39, 0.29) is 6.10 Å². The van der Waals surface area contributed by atoms with Crippen LogP contribution >= 0.6 is 0 Å². The fourth-order valence-electron chi connectivity index (χ4n) is 4.17. The Morgan fingerprint density at radius 2 is 2.05 bits per heavy atom. The first-order chi connectivity index (χ1) is 9.02. The van der Waals surface area contributed by atoms with Crippen LogP contribution in [-0.2, 0) is 11.2 Å². The minimum absolute atomic E-state index is 0.213. The largest absolute Gasteiger partial charge is 0.472 e. The fraction of sp³-hybridized carbons (Fsp3) is 0.750. The average Bonchev–Trinajstić information content (AvgIpc) is 2.89. The molecule has 1 fully saturated rings. The number of rotatable bonds is 2. The lowest BCUT2D eigenvalue weighted by Crippen LogP contribution is -2.29. The van der Waals surface area contributed by atoms with E-state index < -0.39 is 6.10 Å². The number of furan rings is 1. The van der Waals surface area contributed by atoms with Crippen LogP contribution in [0.5, 0.6) is 0 Å². The molecule has 1 heterocycles. The number of ether oxygens (including phenoxy) is 1. The maximum atomic E-state index is 10.7. The van der Waals surface area contributed by atoms with Gasteiger partial charge in [0.1, 0.15) is 0 Å². The van der Waals surface area contributed by atoms with Gasteiger partial charge < -0.3 is 14.3 Å². The Balaban J connectivity index is 1.97. The number of hydrogen-bond donors (Lipinski definition) is 1. The van der Waals surface area contributed by atoms with E-state index in [0.717, 1.165) is 37.0 Å². The third-order valence-corrected chi connectivity index (χ3v) is 4.91. The number of hydrogen-bond acceptors (Lipinski definition) is 3. The molecule has 2 aliphatic carbocycles. The van der Waals surface area contributed by atoms with Crippen LogP contribution in [0.3, 0.4) is 0 Å². The minimum Gasteiger partial charge on any atom is -0.472 e. The molecule has 1 aromatic heterocycles. The van der Waals surface area contributed by atoms with Crippen LogP contribution in [0.4, 0.5) is 0 Å². The van der Waals surface area contributed by atoms with Crippen LogP contribution < -0.4 is 0 Å². The summed E-state index contributed by atoms with van der Waals surface area (Å²) in [6.07, 6.45) is 6.38. The summed E-state index contributed by atoms with van der Waals surface area (Å²) < 4.78 is 11.3. The number of fused-ring (bicyclic) bond motifs is 2. The molecule has 0 bridgehead atoms. The summed E-state index contributed by atoms with van der Waals surface area (Å²) in [5.41, 5.74) is 2.40. The molecule has 1 aromatic rings. The highest BCUT2D eigenvalue weighted by Crippen LogP contribution is 2.54. The molecule has 3 rings (SSSR count). The van der Waals surface area contributed by atoms with E-state index in [1.807, 2.05) is 6.92 Å². The van der Waals surface area contributed by atoms with Gasteiger partial charge in [-0.15, -0.1) is 0 Å². The molecule has 0 aliphatic heterocycles. The molecule has 3 heteroatoms. The summed E-state index contributed by atoms with van der Waals surface area (Å²) in [5, 5.41) is 10.7. The first-order valence-electron chi connectivity index (χ1n) is 7.36. The molecule has 0 radical (unpaired) electrons. The van der Waals surface area contributed by atoms with Gasteiger partial charge in [0.05, 0.1) is 24.7 Å². The van der Waals surface area contributed by atoms with Crippen molar-refractivity contribution in [3.8, 4) is 0 Å². The second-order valence-electron chi connectivity index (χ2n) is 6.90. The molecular formula is C16H24O3. The Hall–Kier alpha value is -0.800. The van der Waals surface area contributed by atoms with Gasteiger partial charge in [-0.3, -0.25) is 0 Å². The van der Waals surface area contributed by atoms with E-state index in [4.69, 9.17) is 9.15 Å². The topological polar surface area (TPSA) is 42.6 Å². The van der Waals surface area contributed by atoms with Crippen molar-refractivity contribution in [1.82, 2.24) is 0 Å². The normalized spacial score (nSPS) is 36.6. The Labute approximate surface area is 115 Å². The Morgan fingerprint density at radius 1 is 1.32 bits per heavy atom. The van der Waals surface area contributed by atoms with Gasteiger partial charge in [0.25, 0.3) is 0 Å². The predicted molar refractivity (Wildman–Crippen MR) is 72.8 cm³/mol. The van der Waals surface area contributed by atoms with E-state index in [1.54, 1.807) is 12.5 Å². The van der Waals surface area contributed by atoms with Crippen molar-refractivity contribution in [2.24, 2.45) is 17.3 Å². The monoisotopic (exact) mass is 264 g/mol. The van der Waals surface area contributed by atoms with Crippen molar-refractivity contribution in [2.45, 2.75) is 52.2 Å². The van der Waals surface area contributed by atoms with E-state index in [2.05, 4.69) is 13.8 Å². The zero-order valence-electron chi connectivity index (χ0n) is 12.1. The summed E-state index contributed by atoms with van der Waals surface area (Å²) >= 11 is 0. The molecule has 19 heavy (non-hydrogen) atoms. The fourth-order valence-corrected chi connectivity index (χ4v) is 4.17. The van der Waals surface area contributed by atoms with Crippen LogP contribution in [0, 0.1) is 17.3 Å². The van der Waals surface area contributed by atoms with Crippen molar-refractivity contribution < 1.29 is 14.3 Å². The van der Waals surface area contributed by atoms with Crippen LogP contribution in [0.1, 0.15) is 50.8 Å². The molecule has 3 nitrogen and oxygen atoms in total. The van der Waals surface area contributed by atoms with Crippen molar-refractivity contribution in [2.75, 3.05) is 6.61 Å². The third kappa shape index (κ3) is 2.23. The standard InChI is InChI=1S/C16H24O3/c1-4-19-14-5-10-8-18-9-13(10)15(17)12-7-16(2,3)6-11(12)14/h8-9,11-12,14-15,17H,4-7H2,1-3H3. The molecule has 0 spiro atoms. The van der Waals surface area contributed by atoms with Gasteiger partial charge in [0.15, 0.2) is 0 Å². The SMILES string of the molecule is CCOC1Cc2cocc2C(O)C2CC(C)(C)CC12. The summed E-state index contributed by atoms with van der Waals surface area (Å²) in [7, 11) is 0. The quantitative estimate of drug-likeness (QED) is 0.891. The lowest BCUT2D eigenvalue weighted by Gasteiger charge is -2.27. The molecule has 2 aliphatic rings. The summed E-state index contributed by atoms with van der Waals surface area (Å²) in [6, 6.07) is 0. The second kappa shape index (κ2) is 4.64. The molecule has 0 saturated heterocycles. The smallest absolute Gasteiger partial charge is 0.0963 e. The van der Waals surface area contributed by atoms with Crippen LogP contribution in [0.15, 0.2) is 16.9 Å². The molecule has 0 amide bonds. The van der Waals surface area contributed by atoms with Gasteiger partial charge in [-0.05, 0) is 42.6 Å². The molecule has 4 unspecified atom stereocenters. The summed E-state index contributed by atoms with van der Waals surface area (Å²) in [6.45, 7) is 7.38. The highest BCUT2D eigenvalue weighted by molar-refractivity contribution is 5.28. The van der Waals surface area contributed by atoms with Gasteiger partial charge in [0.2, 0.25) is 0 Å². The summed E-state index contributed by atoms with van der Waals surface area (Å²) in [4.78, 5) is 0. The van der Waals surface area contributed by atoms with Gasteiger partial charge in [-0.25, -0.2) is 0 Å². The third-order valence-electron chi connectivity index (χ3n) is 4.91. The molecule has 0 aromatic carbocycles. The lowest BCUT2D eigenvalue weighted by molar-refractivity contribution is -0.0149. The van der Waals surface area contributed by atoms with E-state index in [0.29, 0.717) is 17.3 Å². The van der Waals surface area contributed by atoms with Crippen molar-refractivity contribution >= 4 is 0 Å². The van der Waals surface area contributed by atoms with Gasteiger partial charge in [-0.2, -0.15) is 0 Å². The Bertz CT molecular complexity index is 449. The van der Waals surface area contributed by atoms with E-state index >= 15 is 0 Å². The summed E-state index contributed by atoms with van der Waals surface area (Å²) in [5.74, 6) is 0.753. The first kappa shape index (κ1) is 13.2. The van der Waals surface area contributed by atoms with Crippen LogP contribution in [0.25, 0.3) is 0 Å². The van der Waals surface area contributed by atoms with E-state index in [9.17, 15) is 5.11 Å². The van der Waals surface area contributed by atoms with Gasteiger partial charge in [0, 0.05) is 18.6 Å². The average molecular weight is 264 g/mol. The maximum Gasteiger partial charge on any atom is 0.0963 e. The predicted octanol–water partition coefficient (Wildman–Crippen LogP) is 3.33.